The Balaban J connectivity index is 2.48. The van der Waals surface area contributed by atoms with Gasteiger partial charge in [0.25, 0.3) is 0 Å². The van der Waals surface area contributed by atoms with Crippen molar-refractivity contribution in [1.82, 2.24) is 9.88 Å². The minimum absolute atomic E-state index is 0.0873. The van der Waals surface area contributed by atoms with Crippen molar-refractivity contribution in [2.75, 3.05) is 13.6 Å². The van der Waals surface area contributed by atoms with Gasteiger partial charge in [-0.25, -0.2) is 9.98 Å². The van der Waals surface area contributed by atoms with Crippen molar-refractivity contribution >= 4 is 23.6 Å². The number of aromatic nitrogens is 1. The minimum atomic E-state index is -4.63. The van der Waals surface area contributed by atoms with E-state index in [9.17, 15) is 18.4 Å². The number of aliphatic imine (C=N–C) groups is 1. The number of alkyl halides is 3. The summed E-state index contributed by atoms with van der Waals surface area (Å²) in [5.74, 6) is -0.211. The first-order valence-electron chi connectivity index (χ1n) is 8.28. The zero-order chi connectivity index (χ0) is 21.1. The monoisotopic (exact) mass is 410 g/mol. The fourth-order valence-corrected chi connectivity index (χ4v) is 2.57. The molecule has 0 atom stereocenters. The lowest BCUT2D eigenvalue weighted by molar-refractivity contribution is -0.137. The van der Waals surface area contributed by atoms with Crippen LogP contribution < -0.4 is 4.74 Å². The minimum Gasteiger partial charge on any atom is -0.438 e. The molecular weight excluding hydrogens is 393 g/mol. The molecule has 0 aliphatic rings. The molecule has 2 rings (SSSR count). The molecule has 0 N–H and O–H groups in total. The number of nitrogens with zero attached hydrogens (tertiary/aromatic N) is 4. The van der Waals surface area contributed by atoms with Crippen molar-refractivity contribution in [1.29, 1.82) is 5.26 Å². The molecular formula is C19H18ClF3N4O. The third-order valence-corrected chi connectivity index (χ3v) is 4.34. The van der Waals surface area contributed by atoms with Crippen LogP contribution in [0.2, 0.25) is 5.02 Å². The van der Waals surface area contributed by atoms with E-state index in [0.717, 1.165) is 18.7 Å². The number of rotatable bonds is 5. The molecule has 1 aromatic carbocycles. The third kappa shape index (κ3) is 4.73. The van der Waals surface area contributed by atoms with Crippen LogP contribution in [0.5, 0.6) is 11.6 Å². The first-order chi connectivity index (χ1) is 13.1. The molecule has 0 fully saturated rings. The molecule has 2 aromatic rings. The van der Waals surface area contributed by atoms with Crippen LogP contribution in [0.4, 0.5) is 18.9 Å². The number of halogens is 4. The van der Waals surface area contributed by atoms with Gasteiger partial charge in [0.15, 0.2) is 0 Å². The standard InChI is InChI=1S/C19H18ClF3N4O/c1-5-27(4)10-25-17-11(2)14(9-24)18(26-12(17)3)28-13-6-7-16(20)15(8-13)19(21,22)23/h6-8,10H,5H2,1-4H3. The van der Waals surface area contributed by atoms with Crippen molar-refractivity contribution in [3.05, 3.63) is 45.6 Å². The lowest BCUT2D eigenvalue weighted by Crippen LogP contribution is -2.14. The molecule has 148 valence electrons. The fourth-order valence-electron chi connectivity index (χ4n) is 2.34. The average Bonchev–Trinajstić information content (AvgIpc) is 2.62. The van der Waals surface area contributed by atoms with Gasteiger partial charge < -0.3 is 9.64 Å². The van der Waals surface area contributed by atoms with Crippen LogP contribution in [-0.4, -0.2) is 29.8 Å². The largest absolute Gasteiger partial charge is 0.438 e. The van der Waals surface area contributed by atoms with Crippen molar-refractivity contribution in [2.24, 2.45) is 4.99 Å². The number of hydrogen-bond donors (Lipinski definition) is 0. The molecule has 0 saturated heterocycles. The molecule has 0 saturated carbocycles. The van der Waals surface area contributed by atoms with Gasteiger partial charge in [-0.05, 0) is 44.5 Å². The Hall–Kier alpha value is -2.79. The lowest BCUT2D eigenvalue weighted by Gasteiger charge is -2.15. The van der Waals surface area contributed by atoms with Gasteiger partial charge in [-0.2, -0.15) is 18.4 Å². The first-order valence-corrected chi connectivity index (χ1v) is 8.66. The summed E-state index contributed by atoms with van der Waals surface area (Å²) in [6.45, 7) is 6.08. The maximum atomic E-state index is 13.0. The molecule has 0 aliphatic carbocycles. The molecule has 0 radical (unpaired) electrons. The van der Waals surface area contributed by atoms with Gasteiger partial charge in [-0.3, -0.25) is 0 Å². The molecule has 0 aliphatic heterocycles. The second kappa shape index (κ2) is 8.48. The molecule has 28 heavy (non-hydrogen) atoms. The number of benzene rings is 1. The highest BCUT2D eigenvalue weighted by molar-refractivity contribution is 6.31. The summed E-state index contributed by atoms with van der Waals surface area (Å²) >= 11 is 5.62. The van der Waals surface area contributed by atoms with Crippen LogP contribution >= 0.6 is 11.6 Å². The maximum Gasteiger partial charge on any atom is 0.417 e. The quantitative estimate of drug-likeness (QED) is 0.472. The molecule has 1 heterocycles. The Morgan fingerprint density at radius 3 is 2.61 bits per heavy atom. The number of pyridine rings is 1. The van der Waals surface area contributed by atoms with E-state index in [0.29, 0.717) is 16.9 Å². The zero-order valence-corrected chi connectivity index (χ0v) is 16.5. The van der Waals surface area contributed by atoms with E-state index in [1.807, 2.05) is 24.9 Å². The third-order valence-electron chi connectivity index (χ3n) is 4.01. The van der Waals surface area contributed by atoms with Crippen molar-refractivity contribution in [3.63, 3.8) is 0 Å². The Labute approximate surface area is 166 Å². The molecule has 5 nitrogen and oxygen atoms in total. The van der Waals surface area contributed by atoms with Gasteiger partial charge >= 0.3 is 6.18 Å². The van der Waals surface area contributed by atoms with E-state index in [2.05, 4.69) is 9.98 Å². The van der Waals surface area contributed by atoms with Gasteiger partial charge in [0.2, 0.25) is 5.88 Å². The van der Waals surface area contributed by atoms with Crippen molar-refractivity contribution in [3.8, 4) is 17.7 Å². The summed E-state index contributed by atoms with van der Waals surface area (Å²) in [7, 11) is 1.85. The zero-order valence-electron chi connectivity index (χ0n) is 15.7. The number of nitriles is 1. The SMILES string of the molecule is CCN(C)C=Nc1c(C)nc(Oc2ccc(Cl)c(C(F)(F)F)c2)c(C#N)c1C. The Kier molecular flexibility index (Phi) is 6.52. The molecule has 0 spiro atoms. The van der Waals surface area contributed by atoms with Crippen LogP contribution in [-0.2, 0) is 6.18 Å². The highest BCUT2D eigenvalue weighted by Crippen LogP contribution is 2.39. The first kappa shape index (κ1) is 21.5. The smallest absolute Gasteiger partial charge is 0.417 e. The van der Waals surface area contributed by atoms with Gasteiger partial charge in [-0.1, -0.05) is 11.6 Å². The number of ether oxygens (including phenoxy) is 1. The topological polar surface area (TPSA) is 61.5 Å². The van der Waals surface area contributed by atoms with Crippen molar-refractivity contribution < 1.29 is 17.9 Å². The average molecular weight is 411 g/mol. The van der Waals surface area contributed by atoms with E-state index in [1.54, 1.807) is 20.2 Å². The van der Waals surface area contributed by atoms with Crippen molar-refractivity contribution in [2.45, 2.75) is 26.9 Å². The second-order valence-electron chi connectivity index (χ2n) is 6.02. The van der Waals surface area contributed by atoms with Gasteiger partial charge in [-0.15, -0.1) is 0 Å². The predicted molar refractivity (Wildman–Crippen MR) is 101 cm³/mol. The summed E-state index contributed by atoms with van der Waals surface area (Å²) in [4.78, 5) is 10.4. The van der Waals surface area contributed by atoms with E-state index < -0.39 is 16.8 Å². The van der Waals surface area contributed by atoms with Crippen LogP contribution in [0.25, 0.3) is 0 Å². The summed E-state index contributed by atoms with van der Waals surface area (Å²) in [6.07, 6.45) is -3.01. The normalized spacial score (nSPS) is 11.5. The van der Waals surface area contributed by atoms with Gasteiger partial charge in [0.1, 0.15) is 17.4 Å². The Bertz CT molecular complexity index is 952. The van der Waals surface area contributed by atoms with Crippen LogP contribution in [0.1, 0.15) is 29.3 Å². The predicted octanol–water partition coefficient (Wildman–Crippen LogP) is 5.65. The lowest BCUT2D eigenvalue weighted by atomic mass is 10.1. The Morgan fingerprint density at radius 1 is 1.36 bits per heavy atom. The second-order valence-corrected chi connectivity index (χ2v) is 6.43. The summed E-state index contributed by atoms with van der Waals surface area (Å²) < 4.78 is 44.6. The van der Waals surface area contributed by atoms with Crippen LogP contribution in [0, 0.1) is 25.2 Å². The molecule has 1 aromatic heterocycles. The number of hydrogen-bond acceptors (Lipinski definition) is 4. The van der Waals surface area contributed by atoms with Crippen LogP contribution in [0.3, 0.4) is 0 Å². The summed E-state index contributed by atoms with van der Waals surface area (Å²) in [5, 5.41) is 9.07. The van der Waals surface area contributed by atoms with E-state index in [4.69, 9.17) is 16.3 Å². The highest BCUT2D eigenvalue weighted by atomic mass is 35.5. The molecule has 0 bridgehead atoms. The van der Waals surface area contributed by atoms with E-state index in [-0.39, 0.29) is 17.2 Å². The number of aryl methyl sites for hydroxylation is 1. The highest BCUT2D eigenvalue weighted by Gasteiger charge is 2.33. The maximum absolute atomic E-state index is 13.0. The molecule has 0 amide bonds. The molecule has 9 heteroatoms. The summed E-state index contributed by atoms with van der Waals surface area (Å²) in [6, 6.07) is 5.14. The molecule has 0 unspecified atom stereocenters. The van der Waals surface area contributed by atoms with Crippen LogP contribution in [0.15, 0.2) is 23.2 Å². The Morgan fingerprint density at radius 2 is 2.04 bits per heavy atom. The van der Waals surface area contributed by atoms with E-state index >= 15 is 0 Å². The van der Waals surface area contributed by atoms with Gasteiger partial charge in [0.05, 0.1) is 28.3 Å². The fraction of sp³-hybridized carbons (Fsp3) is 0.316. The summed E-state index contributed by atoms with van der Waals surface area (Å²) in [5.41, 5.74) is 0.590. The van der Waals surface area contributed by atoms with Gasteiger partial charge in [0, 0.05) is 13.6 Å². The van der Waals surface area contributed by atoms with E-state index in [1.165, 1.54) is 6.07 Å².